The molecule has 0 saturated carbocycles. The maximum atomic E-state index is 11.8. The fourth-order valence-electron chi connectivity index (χ4n) is 2.17. The number of amides is 1. The Labute approximate surface area is 99.1 Å². The predicted octanol–water partition coefficient (Wildman–Crippen LogP) is -0.268. The van der Waals surface area contributed by atoms with Crippen molar-refractivity contribution in [3.05, 3.63) is 22.7 Å². The minimum absolute atomic E-state index is 0.0323. The third-order valence-electron chi connectivity index (χ3n) is 3.24. The van der Waals surface area contributed by atoms with E-state index in [1.807, 2.05) is 11.8 Å². The highest BCUT2D eigenvalue weighted by Gasteiger charge is 2.40. The third kappa shape index (κ3) is 2.15. The highest BCUT2D eigenvalue weighted by atomic mass is 16.2. The number of nitrogens with zero attached hydrogens (tertiary/aromatic N) is 2. The average Bonchev–Trinajstić information content (AvgIpc) is 2.72. The van der Waals surface area contributed by atoms with Crippen LogP contribution in [0.5, 0.6) is 0 Å². The van der Waals surface area contributed by atoms with Crippen LogP contribution in [0.3, 0.4) is 0 Å². The van der Waals surface area contributed by atoms with Gasteiger partial charge in [-0.3, -0.25) is 9.59 Å². The first-order valence-electron chi connectivity index (χ1n) is 5.57. The summed E-state index contributed by atoms with van der Waals surface area (Å²) in [4.78, 5) is 31.5. The average molecular weight is 236 g/mol. The Hall–Kier alpha value is -1.85. The van der Waals surface area contributed by atoms with Crippen molar-refractivity contribution in [1.29, 1.82) is 0 Å². The van der Waals surface area contributed by atoms with Gasteiger partial charge in [0.2, 0.25) is 5.91 Å². The lowest BCUT2D eigenvalue weighted by molar-refractivity contribution is -0.128. The largest absolute Gasteiger partial charge is 0.359 e. The number of rotatable bonds is 2. The Morgan fingerprint density at radius 2 is 2.41 bits per heavy atom. The van der Waals surface area contributed by atoms with Crippen molar-refractivity contribution in [2.45, 2.75) is 13.3 Å². The Bertz CT molecular complexity index is 484. The van der Waals surface area contributed by atoms with Crippen LogP contribution < -0.4 is 15.8 Å². The van der Waals surface area contributed by atoms with Crippen molar-refractivity contribution in [2.75, 3.05) is 25.0 Å². The highest BCUT2D eigenvalue weighted by Crippen LogP contribution is 2.31. The maximum absolute atomic E-state index is 11.8. The van der Waals surface area contributed by atoms with Gasteiger partial charge in [-0.25, -0.2) is 4.98 Å². The summed E-state index contributed by atoms with van der Waals surface area (Å²) in [6.07, 6.45) is 2.15. The molecule has 0 aromatic carbocycles. The Morgan fingerprint density at radius 3 is 3.06 bits per heavy atom. The first kappa shape index (κ1) is 11.6. The van der Waals surface area contributed by atoms with E-state index >= 15 is 0 Å². The van der Waals surface area contributed by atoms with Crippen LogP contribution in [0.25, 0.3) is 0 Å². The zero-order valence-electron chi connectivity index (χ0n) is 9.99. The molecule has 92 valence electrons. The second-order valence-corrected chi connectivity index (χ2v) is 4.58. The van der Waals surface area contributed by atoms with E-state index in [0.717, 1.165) is 13.0 Å². The van der Waals surface area contributed by atoms with Gasteiger partial charge in [-0.1, -0.05) is 0 Å². The molecule has 2 rings (SSSR count). The highest BCUT2D eigenvalue weighted by molar-refractivity contribution is 5.83. The van der Waals surface area contributed by atoms with Crippen LogP contribution in [0.15, 0.2) is 17.2 Å². The van der Waals surface area contributed by atoms with Gasteiger partial charge in [-0.15, -0.1) is 0 Å². The summed E-state index contributed by atoms with van der Waals surface area (Å²) in [5.41, 5.74) is -0.581. The number of aromatic amines is 1. The Kier molecular flexibility index (Phi) is 2.87. The molecule has 6 heteroatoms. The van der Waals surface area contributed by atoms with Gasteiger partial charge in [0.15, 0.2) is 0 Å². The molecule has 0 radical (unpaired) electrons. The number of hydrogen-bond acceptors (Lipinski definition) is 4. The molecular weight excluding hydrogens is 220 g/mol. The van der Waals surface area contributed by atoms with Crippen LogP contribution in [-0.4, -0.2) is 36.0 Å². The summed E-state index contributed by atoms with van der Waals surface area (Å²) < 4.78 is 0. The van der Waals surface area contributed by atoms with Gasteiger partial charge in [-0.2, -0.15) is 0 Å². The summed E-state index contributed by atoms with van der Waals surface area (Å²) >= 11 is 0. The van der Waals surface area contributed by atoms with Crippen LogP contribution in [0, 0.1) is 5.41 Å². The summed E-state index contributed by atoms with van der Waals surface area (Å²) in [6.45, 7) is 3.25. The topological polar surface area (TPSA) is 78.1 Å². The second kappa shape index (κ2) is 4.20. The van der Waals surface area contributed by atoms with E-state index < -0.39 is 5.41 Å². The van der Waals surface area contributed by atoms with Gasteiger partial charge in [0.1, 0.15) is 5.82 Å². The predicted molar refractivity (Wildman–Crippen MR) is 63.9 cm³/mol. The molecule has 17 heavy (non-hydrogen) atoms. The fourth-order valence-corrected chi connectivity index (χ4v) is 2.17. The van der Waals surface area contributed by atoms with Gasteiger partial charge >= 0.3 is 0 Å². The van der Waals surface area contributed by atoms with Crippen LogP contribution in [0.2, 0.25) is 0 Å². The lowest BCUT2D eigenvalue weighted by Crippen LogP contribution is -2.39. The van der Waals surface area contributed by atoms with Gasteiger partial charge in [0.25, 0.3) is 5.56 Å². The SMILES string of the molecule is CNC(=O)C1(C)CCN(c2cc(=O)[nH]cn2)C1. The molecule has 0 spiro atoms. The van der Waals surface area contributed by atoms with Gasteiger partial charge in [0, 0.05) is 26.2 Å². The molecule has 1 aliphatic heterocycles. The standard InChI is InChI=1S/C11H16N4O2/c1-11(10(17)12-2)3-4-15(6-11)8-5-9(16)14-7-13-8/h5,7H,3-4,6H2,1-2H3,(H,12,17)(H,13,14,16). The molecule has 0 bridgehead atoms. The van der Waals surface area contributed by atoms with E-state index in [4.69, 9.17) is 0 Å². The number of aromatic nitrogens is 2. The summed E-state index contributed by atoms with van der Waals surface area (Å²) in [7, 11) is 1.64. The van der Waals surface area contributed by atoms with Crippen molar-refractivity contribution < 1.29 is 4.79 Å². The van der Waals surface area contributed by atoms with Crippen molar-refractivity contribution in [3.63, 3.8) is 0 Å². The number of carbonyl (C=O) groups excluding carboxylic acids is 1. The third-order valence-corrected chi connectivity index (χ3v) is 3.24. The van der Waals surface area contributed by atoms with Crippen molar-refractivity contribution in [3.8, 4) is 0 Å². The number of hydrogen-bond donors (Lipinski definition) is 2. The van der Waals surface area contributed by atoms with E-state index in [2.05, 4.69) is 15.3 Å². The smallest absolute Gasteiger partial charge is 0.252 e. The van der Waals surface area contributed by atoms with Gasteiger partial charge in [-0.05, 0) is 13.3 Å². The van der Waals surface area contributed by atoms with Crippen molar-refractivity contribution >= 4 is 11.7 Å². The molecule has 0 aliphatic carbocycles. The van der Waals surface area contributed by atoms with Crippen LogP contribution in [0.1, 0.15) is 13.3 Å². The minimum Gasteiger partial charge on any atom is -0.359 e. The second-order valence-electron chi connectivity index (χ2n) is 4.58. The minimum atomic E-state index is -0.404. The quantitative estimate of drug-likeness (QED) is 0.741. The molecule has 1 saturated heterocycles. The van der Waals surface area contributed by atoms with Crippen molar-refractivity contribution in [2.24, 2.45) is 5.41 Å². The maximum Gasteiger partial charge on any atom is 0.252 e. The van der Waals surface area contributed by atoms with E-state index in [1.165, 1.54) is 12.4 Å². The van der Waals surface area contributed by atoms with Crippen LogP contribution >= 0.6 is 0 Å². The molecule has 1 aromatic rings. The van der Waals surface area contributed by atoms with Crippen molar-refractivity contribution in [1.82, 2.24) is 15.3 Å². The normalized spacial score (nSPS) is 23.8. The van der Waals surface area contributed by atoms with Crippen LogP contribution in [-0.2, 0) is 4.79 Å². The Balaban J connectivity index is 2.18. The summed E-state index contributed by atoms with van der Waals surface area (Å²) in [5.74, 6) is 0.659. The lowest BCUT2D eigenvalue weighted by atomic mass is 9.89. The number of carbonyl (C=O) groups is 1. The lowest BCUT2D eigenvalue weighted by Gasteiger charge is -2.22. The van der Waals surface area contributed by atoms with E-state index in [9.17, 15) is 9.59 Å². The molecule has 2 N–H and O–H groups in total. The molecule has 1 amide bonds. The molecule has 6 nitrogen and oxygen atoms in total. The molecule has 1 aromatic heterocycles. The summed E-state index contributed by atoms with van der Waals surface area (Å²) in [6, 6.07) is 1.45. The van der Waals surface area contributed by atoms with E-state index in [1.54, 1.807) is 7.05 Å². The monoisotopic (exact) mass is 236 g/mol. The summed E-state index contributed by atoms with van der Waals surface area (Å²) in [5, 5.41) is 2.68. The molecule has 1 fully saturated rings. The number of nitrogens with one attached hydrogen (secondary N) is 2. The zero-order valence-corrected chi connectivity index (χ0v) is 9.99. The number of anilines is 1. The van der Waals surface area contributed by atoms with Crippen LogP contribution in [0.4, 0.5) is 5.82 Å². The Morgan fingerprint density at radius 1 is 1.65 bits per heavy atom. The fraction of sp³-hybridized carbons (Fsp3) is 0.545. The molecule has 1 atom stereocenters. The van der Waals surface area contributed by atoms with Gasteiger partial charge < -0.3 is 15.2 Å². The molecular formula is C11H16N4O2. The first-order chi connectivity index (χ1) is 8.05. The number of H-pyrrole nitrogens is 1. The molecule has 1 unspecified atom stereocenters. The van der Waals surface area contributed by atoms with Gasteiger partial charge in [0.05, 0.1) is 11.7 Å². The zero-order chi connectivity index (χ0) is 12.5. The molecule has 1 aliphatic rings. The molecule has 2 heterocycles. The van der Waals surface area contributed by atoms with E-state index in [0.29, 0.717) is 12.4 Å². The van der Waals surface area contributed by atoms with E-state index in [-0.39, 0.29) is 11.5 Å². The first-order valence-corrected chi connectivity index (χ1v) is 5.57.